The maximum atomic E-state index is 6.13. The van der Waals surface area contributed by atoms with Gasteiger partial charge in [0.05, 0.1) is 31.1 Å². The van der Waals surface area contributed by atoms with Crippen LogP contribution in [0.4, 0.5) is 5.82 Å². The normalized spacial score (nSPS) is 14.6. The van der Waals surface area contributed by atoms with Gasteiger partial charge in [0, 0.05) is 34.2 Å². The molecule has 0 unspecified atom stereocenters. The van der Waals surface area contributed by atoms with Crippen molar-refractivity contribution in [3.8, 4) is 11.1 Å². The molecular weight excluding hydrogens is 446 g/mol. The zero-order valence-corrected chi connectivity index (χ0v) is 17.5. The second-order valence-electron chi connectivity index (χ2n) is 6.86. The summed E-state index contributed by atoms with van der Waals surface area (Å²) in [4.78, 5) is 17.3. The van der Waals surface area contributed by atoms with Gasteiger partial charge in [0.1, 0.15) is 18.0 Å². The van der Waals surface area contributed by atoms with Crippen molar-refractivity contribution < 1.29 is 0 Å². The molecule has 150 valence electrons. The Hall–Kier alpha value is -3.53. The monoisotopic (exact) mass is 463 g/mol. The molecule has 0 bridgehead atoms. The fraction of sp³-hybridized carbons (Fsp3) is 0.150. The second-order valence-corrected chi connectivity index (χ2v) is 7.32. The summed E-state index contributed by atoms with van der Waals surface area (Å²) in [5.74, 6) is 1.98. The first kappa shape index (κ1) is 18.5. The first-order valence-electron chi connectivity index (χ1n) is 9.37. The number of nitrogens with zero attached hydrogens (tertiary/aromatic N) is 8. The molecule has 5 rings (SSSR count). The fourth-order valence-corrected chi connectivity index (χ4v) is 3.63. The molecule has 0 saturated carbocycles. The minimum Gasteiger partial charge on any atom is -0.383 e. The van der Waals surface area contributed by atoms with Crippen LogP contribution in [0.1, 0.15) is 5.82 Å². The molecule has 9 nitrogen and oxygen atoms in total. The van der Waals surface area contributed by atoms with Gasteiger partial charge in [-0.15, -0.1) is 0 Å². The molecule has 0 fully saturated rings. The number of pyridine rings is 1. The molecule has 3 aromatic heterocycles. The van der Waals surface area contributed by atoms with Crippen molar-refractivity contribution in [3.63, 3.8) is 0 Å². The average Bonchev–Trinajstić information content (AvgIpc) is 3.43. The highest BCUT2D eigenvalue weighted by atomic mass is 79.9. The zero-order chi connectivity index (χ0) is 20.5. The van der Waals surface area contributed by atoms with Crippen LogP contribution in [0.5, 0.6) is 0 Å². The van der Waals surface area contributed by atoms with Crippen LogP contribution in [-0.2, 0) is 13.1 Å². The number of aliphatic imine (C=N–C) groups is 1. The number of hydrogen-bond acceptors (Lipinski definition) is 6. The van der Waals surface area contributed by atoms with E-state index < -0.39 is 0 Å². The number of aromatic nitrogens is 6. The number of para-hydroxylation sites is 1. The largest absolute Gasteiger partial charge is 0.383 e. The van der Waals surface area contributed by atoms with Crippen molar-refractivity contribution in [2.45, 2.75) is 13.1 Å². The Morgan fingerprint density at radius 2 is 2.03 bits per heavy atom. The Balaban J connectivity index is 1.53. The highest BCUT2D eigenvalue weighted by Gasteiger charge is 2.17. The van der Waals surface area contributed by atoms with Gasteiger partial charge in [-0.2, -0.15) is 14.9 Å². The molecule has 10 heteroatoms. The molecule has 30 heavy (non-hydrogen) atoms. The van der Waals surface area contributed by atoms with Crippen molar-refractivity contribution in [1.82, 2.24) is 34.4 Å². The SMILES string of the molecule is N/C(=C\Br)n1ncc(-c2cnc3ccccc3c2)c1/N=C/N1CCn2ncnc2C1. The van der Waals surface area contributed by atoms with Crippen molar-refractivity contribution in [2.75, 3.05) is 6.54 Å². The van der Waals surface area contributed by atoms with Crippen molar-refractivity contribution in [2.24, 2.45) is 10.7 Å². The summed E-state index contributed by atoms with van der Waals surface area (Å²) >= 11 is 3.28. The molecule has 1 aliphatic heterocycles. The molecule has 2 N–H and O–H groups in total. The summed E-state index contributed by atoms with van der Waals surface area (Å²) in [6.45, 7) is 2.21. The number of fused-ring (bicyclic) bond motifs is 2. The Labute approximate surface area is 180 Å². The van der Waals surface area contributed by atoms with Gasteiger partial charge in [0.15, 0.2) is 5.82 Å². The maximum absolute atomic E-state index is 6.13. The summed E-state index contributed by atoms with van der Waals surface area (Å²) in [5, 5.41) is 9.71. The number of halogens is 1. The topological polar surface area (TPSA) is 103 Å². The molecule has 0 atom stereocenters. The predicted octanol–water partition coefficient (Wildman–Crippen LogP) is 2.97. The van der Waals surface area contributed by atoms with E-state index in [0.717, 1.165) is 40.9 Å². The summed E-state index contributed by atoms with van der Waals surface area (Å²) in [5.41, 5.74) is 8.84. The number of benzene rings is 1. The van der Waals surface area contributed by atoms with E-state index in [9.17, 15) is 0 Å². The summed E-state index contributed by atoms with van der Waals surface area (Å²) in [6.07, 6.45) is 6.98. The number of rotatable bonds is 4. The van der Waals surface area contributed by atoms with E-state index in [4.69, 9.17) is 10.7 Å². The third kappa shape index (κ3) is 3.35. The highest BCUT2D eigenvalue weighted by Crippen LogP contribution is 2.32. The van der Waals surface area contributed by atoms with Crippen LogP contribution in [0.3, 0.4) is 0 Å². The predicted molar refractivity (Wildman–Crippen MR) is 119 cm³/mol. The maximum Gasteiger partial charge on any atom is 0.166 e. The van der Waals surface area contributed by atoms with E-state index >= 15 is 0 Å². The van der Waals surface area contributed by atoms with Gasteiger partial charge in [-0.25, -0.2) is 14.7 Å². The lowest BCUT2D eigenvalue weighted by atomic mass is 10.1. The van der Waals surface area contributed by atoms with Gasteiger partial charge < -0.3 is 10.6 Å². The van der Waals surface area contributed by atoms with Gasteiger partial charge in [-0.05, 0) is 12.1 Å². The molecule has 4 heterocycles. The van der Waals surface area contributed by atoms with Crippen LogP contribution in [0, 0.1) is 0 Å². The first-order valence-corrected chi connectivity index (χ1v) is 10.3. The molecule has 0 spiro atoms. The Bertz CT molecular complexity index is 1270. The van der Waals surface area contributed by atoms with Crippen LogP contribution in [0.2, 0.25) is 0 Å². The standard InChI is InChI=1S/C20H18BrN9/c21-8-18(22)30-20(25-13-28-5-6-29-19(11-28)24-12-27-29)16(10-26-30)15-7-14-3-1-2-4-17(14)23-9-15/h1-4,7-10,12-13H,5-6,11,22H2/b18-8+,25-13+. The summed E-state index contributed by atoms with van der Waals surface area (Å²) in [7, 11) is 0. The summed E-state index contributed by atoms with van der Waals surface area (Å²) < 4.78 is 3.51. The molecule has 0 saturated heterocycles. The minimum absolute atomic E-state index is 0.431. The van der Waals surface area contributed by atoms with E-state index in [-0.39, 0.29) is 0 Å². The second kappa shape index (κ2) is 7.71. The molecule has 0 aliphatic carbocycles. The van der Waals surface area contributed by atoms with E-state index in [1.807, 2.05) is 41.5 Å². The zero-order valence-electron chi connectivity index (χ0n) is 15.9. The van der Waals surface area contributed by atoms with Crippen molar-refractivity contribution in [1.29, 1.82) is 0 Å². The van der Waals surface area contributed by atoms with E-state index in [1.54, 1.807) is 22.2 Å². The van der Waals surface area contributed by atoms with Crippen LogP contribution < -0.4 is 5.73 Å². The molecular formula is C20H18BrN9. The van der Waals surface area contributed by atoms with E-state index in [1.165, 1.54) is 0 Å². The summed E-state index contributed by atoms with van der Waals surface area (Å²) in [6, 6.07) is 10.1. The molecule has 4 aromatic rings. The van der Waals surface area contributed by atoms with Gasteiger partial charge in [-0.3, -0.25) is 4.98 Å². The lowest BCUT2D eigenvalue weighted by molar-refractivity contribution is 0.323. The van der Waals surface area contributed by atoms with Crippen molar-refractivity contribution in [3.05, 3.63) is 59.9 Å². The lowest BCUT2D eigenvalue weighted by Crippen LogP contribution is -2.33. The van der Waals surface area contributed by atoms with Crippen LogP contribution in [0.25, 0.3) is 27.9 Å². The lowest BCUT2D eigenvalue weighted by Gasteiger charge is -2.24. The highest BCUT2D eigenvalue weighted by molar-refractivity contribution is 9.11. The molecule has 1 aromatic carbocycles. The van der Waals surface area contributed by atoms with Crippen LogP contribution in [-0.4, -0.2) is 47.3 Å². The third-order valence-electron chi connectivity index (χ3n) is 4.98. The van der Waals surface area contributed by atoms with Gasteiger partial charge in [-0.1, -0.05) is 34.1 Å². The quantitative estimate of drug-likeness (QED) is 0.368. The Morgan fingerprint density at radius 1 is 1.13 bits per heavy atom. The third-order valence-corrected chi connectivity index (χ3v) is 5.45. The molecule has 1 aliphatic rings. The molecule has 0 radical (unpaired) electrons. The van der Waals surface area contributed by atoms with Crippen molar-refractivity contribution >= 4 is 44.8 Å². The Morgan fingerprint density at radius 3 is 2.93 bits per heavy atom. The van der Waals surface area contributed by atoms with Crippen LogP contribution in [0.15, 0.2) is 59.0 Å². The average molecular weight is 464 g/mol. The van der Waals surface area contributed by atoms with E-state index in [0.29, 0.717) is 18.2 Å². The minimum atomic E-state index is 0.431. The van der Waals surface area contributed by atoms with Gasteiger partial charge in [0.25, 0.3) is 0 Å². The number of hydrogen-bond donors (Lipinski definition) is 1. The number of nitrogens with two attached hydrogens (primary N) is 1. The van der Waals surface area contributed by atoms with E-state index in [2.05, 4.69) is 47.1 Å². The fourth-order valence-electron chi connectivity index (χ4n) is 3.44. The molecule has 0 amide bonds. The smallest absolute Gasteiger partial charge is 0.166 e. The Kier molecular flexibility index (Phi) is 4.75. The van der Waals surface area contributed by atoms with Crippen LogP contribution >= 0.6 is 15.9 Å². The first-order chi connectivity index (χ1) is 14.7. The van der Waals surface area contributed by atoms with Gasteiger partial charge in [0.2, 0.25) is 0 Å². The van der Waals surface area contributed by atoms with Gasteiger partial charge >= 0.3 is 0 Å².